The third kappa shape index (κ3) is 5.09. The number of benzene rings is 2. The second kappa shape index (κ2) is 11.0. The monoisotopic (exact) mass is 598 g/mol. The van der Waals surface area contributed by atoms with Gasteiger partial charge in [-0.1, -0.05) is 70.3 Å². The van der Waals surface area contributed by atoms with Crippen LogP contribution in [0.2, 0.25) is 20.1 Å². The summed E-state index contributed by atoms with van der Waals surface area (Å²) in [6.45, 7) is 1.65. The third-order valence-corrected chi connectivity index (χ3v) is 7.90. The third-order valence-electron chi connectivity index (χ3n) is 5.49. The molecule has 0 spiro atoms. The first-order valence-electron chi connectivity index (χ1n) is 10.7. The van der Waals surface area contributed by atoms with Crippen LogP contribution < -0.4 is 16.3 Å². The Balaban J connectivity index is 2.12. The molecule has 0 radical (unpaired) electrons. The largest absolute Gasteiger partial charge is 0.465 e. The van der Waals surface area contributed by atoms with Gasteiger partial charge in [0.05, 0.1) is 24.8 Å². The van der Waals surface area contributed by atoms with E-state index in [1.165, 1.54) is 19.2 Å². The Kier molecular flexibility index (Phi) is 8.16. The van der Waals surface area contributed by atoms with Crippen molar-refractivity contribution < 1.29 is 23.9 Å². The van der Waals surface area contributed by atoms with E-state index in [4.69, 9.17) is 61.6 Å². The number of fused-ring (bicyclic) bond motifs is 1. The van der Waals surface area contributed by atoms with Crippen LogP contribution in [0.3, 0.4) is 0 Å². The summed E-state index contributed by atoms with van der Waals surface area (Å²) < 4.78 is 11.3. The Labute approximate surface area is 235 Å². The summed E-state index contributed by atoms with van der Waals surface area (Å²) in [5.41, 5.74) is 7.03. The van der Waals surface area contributed by atoms with Crippen LogP contribution in [0.25, 0.3) is 11.0 Å². The molecule has 0 fully saturated rings. The lowest BCUT2D eigenvalue weighted by Crippen LogP contribution is -2.42. The molecule has 3 aromatic rings. The van der Waals surface area contributed by atoms with Crippen molar-refractivity contribution in [1.29, 1.82) is 0 Å². The van der Waals surface area contributed by atoms with Gasteiger partial charge in [0, 0.05) is 25.3 Å². The van der Waals surface area contributed by atoms with E-state index in [9.17, 15) is 14.4 Å². The topological polar surface area (TPSA) is 101 Å². The Morgan fingerprint density at radius 2 is 1.70 bits per heavy atom. The Hall–Kier alpha value is -2.62. The highest BCUT2D eigenvalue weighted by atomic mass is 35.5. The van der Waals surface area contributed by atoms with Crippen LogP contribution in [-0.2, 0) is 14.3 Å². The zero-order chi connectivity index (χ0) is 27.0. The van der Waals surface area contributed by atoms with Gasteiger partial charge >= 0.3 is 11.9 Å². The highest BCUT2D eigenvalue weighted by molar-refractivity contribution is 8.10. The first-order chi connectivity index (χ1) is 17.6. The Bertz CT molecular complexity index is 1580. The minimum Gasteiger partial charge on any atom is -0.465 e. The number of hydrogen-bond acceptors (Lipinski definition) is 7. The van der Waals surface area contributed by atoms with E-state index in [2.05, 4.69) is 0 Å². The number of aromatic nitrogens is 1. The number of methoxy groups -OCH3 is 1. The van der Waals surface area contributed by atoms with Crippen LogP contribution in [0.15, 0.2) is 36.4 Å². The van der Waals surface area contributed by atoms with Crippen LogP contribution in [0.5, 0.6) is 0 Å². The lowest BCUT2D eigenvalue weighted by Gasteiger charge is -2.24. The average Bonchev–Trinajstić information content (AvgIpc) is 3.13. The number of carbonyl (C=O) groups is 3. The van der Waals surface area contributed by atoms with Gasteiger partial charge in [-0.3, -0.25) is 9.36 Å². The molecular weight excluding hydrogens is 582 g/mol. The van der Waals surface area contributed by atoms with Crippen molar-refractivity contribution >= 4 is 92.7 Å². The maximum Gasteiger partial charge on any atom is 0.357 e. The first-order valence-corrected chi connectivity index (χ1v) is 13.1. The number of ether oxygens (including phenoxy) is 2. The lowest BCUT2D eigenvalue weighted by molar-refractivity contribution is -0.133. The number of esters is 2. The first kappa shape index (κ1) is 27.4. The van der Waals surface area contributed by atoms with Crippen LogP contribution in [0, 0.1) is 0 Å². The second-order valence-corrected chi connectivity index (χ2v) is 10.5. The number of thioether (sulfide) groups is 1. The maximum atomic E-state index is 13.9. The fourth-order valence-corrected chi connectivity index (χ4v) is 6.17. The molecule has 4 rings (SSSR count). The fraction of sp³-hybridized carbons (Fsp3) is 0.160. The lowest BCUT2D eigenvalue weighted by atomic mass is 10.1. The molecule has 0 amide bonds. The van der Waals surface area contributed by atoms with Crippen molar-refractivity contribution in [2.75, 3.05) is 19.5 Å². The number of anilines is 1. The zero-order valence-electron chi connectivity index (χ0n) is 19.3. The number of nitrogens with two attached hydrogens (primary N) is 1. The summed E-state index contributed by atoms with van der Waals surface area (Å²) in [7, 11) is 1.21. The highest BCUT2D eigenvalue weighted by Gasteiger charge is 2.39. The second-order valence-electron chi connectivity index (χ2n) is 7.71. The van der Waals surface area contributed by atoms with Gasteiger partial charge in [-0.05, 0) is 48.4 Å². The molecule has 1 atom stereocenters. The Morgan fingerprint density at radius 1 is 1.05 bits per heavy atom. The maximum absolute atomic E-state index is 13.9. The van der Waals surface area contributed by atoms with Crippen LogP contribution in [-0.4, -0.2) is 36.1 Å². The SMILES string of the molecule is CCOC(=O)c1c(N)/c(=C\c2ccc(Cl)cc2Cl)c2n1C(=O)[C@H](c1ccc(Cl)cc1Cl)SC=2C(=O)OC. The fourth-order valence-electron chi connectivity index (χ4n) is 3.86. The van der Waals surface area contributed by atoms with Crippen LogP contribution >= 0.6 is 58.2 Å². The Morgan fingerprint density at radius 3 is 2.30 bits per heavy atom. The van der Waals surface area contributed by atoms with E-state index in [1.54, 1.807) is 37.3 Å². The minimum absolute atomic E-state index is 0.0315. The van der Waals surface area contributed by atoms with Crippen molar-refractivity contribution in [3.8, 4) is 0 Å². The van der Waals surface area contributed by atoms with Crippen molar-refractivity contribution in [3.63, 3.8) is 0 Å². The zero-order valence-corrected chi connectivity index (χ0v) is 23.2. The predicted octanol–water partition coefficient (Wildman–Crippen LogP) is 5.10. The number of halogens is 4. The number of carbonyl (C=O) groups excluding carboxylic acids is 3. The summed E-state index contributed by atoms with van der Waals surface area (Å²) in [5.74, 6) is -2.14. The van der Waals surface area contributed by atoms with E-state index in [1.807, 2.05) is 0 Å². The van der Waals surface area contributed by atoms with Gasteiger partial charge < -0.3 is 15.2 Å². The highest BCUT2D eigenvalue weighted by Crippen LogP contribution is 2.42. The number of hydrogen-bond donors (Lipinski definition) is 1. The van der Waals surface area contributed by atoms with Crippen molar-refractivity contribution in [2.24, 2.45) is 0 Å². The number of nitrogens with zero attached hydrogens (tertiary/aromatic N) is 1. The average molecular weight is 600 g/mol. The normalized spacial score (nSPS) is 15.5. The van der Waals surface area contributed by atoms with Gasteiger partial charge in [-0.15, -0.1) is 0 Å². The van der Waals surface area contributed by atoms with Crippen molar-refractivity contribution in [1.82, 2.24) is 4.57 Å². The number of nitrogen functional groups attached to an aromatic ring is 1. The van der Waals surface area contributed by atoms with E-state index >= 15 is 0 Å². The summed E-state index contributed by atoms with van der Waals surface area (Å²) in [4.78, 5) is 40.0. The van der Waals surface area contributed by atoms with Gasteiger partial charge in [0.1, 0.15) is 10.2 Å². The molecule has 2 heterocycles. The summed E-state index contributed by atoms with van der Waals surface area (Å²) >= 11 is 25.8. The van der Waals surface area contributed by atoms with Gasteiger partial charge in [0.2, 0.25) is 5.91 Å². The summed E-state index contributed by atoms with van der Waals surface area (Å²) in [6, 6.07) is 9.43. The summed E-state index contributed by atoms with van der Waals surface area (Å²) in [5, 5.41) is 0.570. The van der Waals surface area contributed by atoms with Crippen LogP contribution in [0.4, 0.5) is 5.69 Å². The quantitative estimate of drug-likeness (QED) is 0.407. The number of rotatable bonds is 5. The molecule has 1 aromatic heterocycles. The molecule has 1 aliphatic heterocycles. The molecule has 0 unspecified atom stereocenters. The molecule has 0 aliphatic carbocycles. The van der Waals surface area contributed by atoms with Gasteiger partial charge in [0.25, 0.3) is 0 Å². The molecule has 37 heavy (non-hydrogen) atoms. The van der Waals surface area contributed by atoms with Crippen molar-refractivity contribution in [3.05, 3.63) is 83.9 Å². The van der Waals surface area contributed by atoms with E-state index in [0.717, 1.165) is 16.3 Å². The molecule has 0 bridgehead atoms. The van der Waals surface area contributed by atoms with E-state index < -0.39 is 23.1 Å². The molecule has 0 saturated heterocycles. The molecule has 2 aromatic carbocycles. The molecule has 2 N–H and O–H groups in total. The molecule has 12 heteroatoms. The van der Waals surface area contributed by atoms with Gasteiger partial charge in [-0.25, -0.2) is 9.59 Å². The van der Waals surface area contributed by atoms with E-state index in [0.29, 0.717) is 26.2 Å². The standard InChI is InChI=1S/C25H18Cl4N2O5S/c1-3-36-24(33)20-18(30)15(8-11-4-5-12(26)9-16(11)28)19-22(25(34)35-2)37-21(23(32)31(19)20)14-7-6-13(27)10-17(14)29/h4-10,21H,3,30H2,1-2H3/b15-8+/t21-/m0/s1. The molecule has 0 saturated carbocycles. The smallest absolute Gasteiger partial charge is 0.357 e. The van der Waals surface area contributed by atoms with Gasteiger partial charge in [0.15, 0.2) is 5.69 Å². The predicted molar refractivity (Wildman–Crippen MR) is 147 cm³/mol. The van der Waals surface area contributed by atoms with Gasteiger partial charge in [-0.2, -0.15) is 0 Å². The summed E-state index contributed by atoms with van der Waals surface area (Å²) in [6.07, 6.45) is 1.56. The minimum atomic E-state index is -1.02. The van der Waals surface area contributed by atoms with Crippen LogP contribution in [0.1, 0.15) is 38.6 Å². The van der Waals surface area contributed by atoms with Crippen molar-refractivity contribution in [2.45, 2.75) is 12.2 Å². The van der Waals surface area contributed by atoms with E-state index in [-0.39, 0.29) is 38.5 Å². The molecule has 192 valence electrons. The molecule has 7 nitrogen and oxygen atoms in total. The molecule has 1 aliphatic rings. The molecular formula is C25H18Cl4N2O5S.